The number of carbonyl (C=O) groups is 4. The molecule has 0 saturated carbocycles. The van der Waals surface area contributed by atoms with Gasteiger partial charge in [-0.2, -0.15) is 0 Å². The first-order chi connectivity index (χ1) is 15.0. The van der Waals surface area contributed by atoms with E-state index in [4.69, 9.17) is 4.74 Å². The topological polar surface area (TPSA) is 96.0 Å². The molecule has 1 saturated heterocycles. The van der Waals surface area contributed by atoms with Crippen molar-refractivity contribution in [3.63, 3.8) is 0 Å². The standard InChI is InChI=1S/C23H23N3O5/c27-20(15-31-17-6-2-1-3-7-17)24-16-10-12-25(13-11-16)21(28)14-26-22(29)18-8-4-5-9-19(18)23(26)30/h1-9,16H,10-15H2,(H,24,27). The van der Waals surface area contributed by atoms with Crippen LogP contribution in [-0.2, 0) is 9.59 Å². The number of nitrogens with one attached hydrogen (secondary N) is 1. The van der Waals surface area contributed by atoms with Crippen LogP contribution in [0.2, 0.25) is 0 Å². The van der Waals surface area contributed by atoms with Crippen molar-refractivity contribution in [3.8, 4) is 5.75 Å². The van der Waals surface area contributed by atoms with Gasteiger partial charge in [0.05, 0.1) is 11.1 Å². The lowest BCUT2D eigenvalue weighted by atomic mass is 10.0. The minimum Gasteiger partial charge on any atom is -0.484 e. The molecule has 4 rings (SSSR count). The van der Waals surface area contributed by atoms with Crippen LogP contribution in [0.5, 0.6) is 5.75 Å². The van der Waals surface area contributed by atoms with Gasteiger partial charge in [0.25, 0.3) is 17.7 Å². The normalized spacial score (nSPS) is 16.3. The summed E-state index contributed by atoms with van der Waals surface area (Å²) in [5.41, 5.74) is 0.666. The summed E-state index contributed by atoms with van der Waals surface area (Å²) in [6.07, 6.45) is 1.20. The molecule has 0 radical (unpaired) electrons. The Morgan fingerprint density at radius 1 is 0.903 bits per heavy atom. The number of ether oxygens (including phenoxy) is 1. The number of piperidine rings is 1. The van der Waals surface area contributed by atoms with Gasteiger partial charge < -0.3 is 15.0 Å². The van der Waals surface area contributed by atoms with Gasteiger partial charge in [-0.3, -0.25) is 24.1 Å². The Morgan fingerprint density at radius 3 is 2.10 bits per heavy atom. The Balaban J connectivity index is 1.23. The summed E-state index contributed by atoms with van der Waals surface area (Å²) < 4.78 is 5.44. The minimum atomic E-state index is -0.436. The lowest BCUT2D eigenvalue weighted by molar-refractivity contribution is -0.132. The van der Waals surface area contributed by atoms with E-state index in [0.717, 1.165) is 4.90 Å². The SMILES string of the molecule is O=C(COc1ccccc1)NC1CCN(C(=O)CN2C(=O)c3ccccc3C2=O)CC1. The first-order valence-corrected chi connectivity index (χ1v) is 10.2. The van der Waals surface area contributed by atoms with E-state index in [1.165, 1.54) is 0 Å². The van der Waals surface area contributed by atoms with Crippen LogP contribution < -0.4 is 10.1 Å². The van der Waals surface area contributed by atoms with Gasteiger partial charge in [0.15, 0.2) is 6.61 Å². The summed E-state index contributed by atoms with van der Waals surface area (Å²) >= 11 is 0. The molecule has 0 aromatic heterocycles. The molecule has 2 aliphatic heterocycles. The fourth-order valence-electron chi connectivity index (χ4n) is 3.83. The van der Waals surface area contributed by atoms with Crippen molar-refractivity contribution < 1.29 is 23.9 Å². The van der Waals surface area contributed by atoms with Crippen molar-refractivity contribution in [3.05, 3.63) is 65.7 Å². The predicted molar refractivity (Wildman–Crippen MR) is 111 cm³/mol. The van der Waals surface area contributed by atoms with Crippen LogP contribution >= 0.6 is 0 Å². The molecule has 31 heavy (non-hydrogen) atoms. The van der Waals surface area contributed by atoms with E-state index in [-0.39, 0.29) is 31.0 Å². The smallest absolute Gasteiger partial charge is 0.262 e. The number of benzene rings is 2. The number of imide groups is 1. The summed E-state index contributed by atoms with van der Waals surface area (Å²) in [4.78, 5) is 52.3. The van der Waals surface area contributed by atoms with Gasteiger partial charge in [0.2, 0.25) is 5.91 Å². The number of carbonyl (C=O) groups excluding carboxylic acids is 4. The van der Waals surface area contributed by atoms with Crippen molar-refractivity contribution in [2.75, 3.05) is 26.2 Å². The maximum atomic E-state index is 12.7. The predicted octanol–water partition coefficient (Wildman–Crippen LogP) is 1.47. The lowest BCUT2D eigenvalue weighted by Gasteiger charge is -2.33. The van der Waals surface area contributed by atoms with Crippen molar-refractivity contribution in [1.82, 2.24) is 15.1 Å². The van der Waals surface area contributed by atoms with E-state index in [2.05, 4.69) is 5.32 Å². The molecule has 1 N–H and O–H groups in total. The molecule has 8 nitrogen and oxygen atoms in total. The van der Waals surface area contributed by atoms with Crippen LogP contribution in [0.4, 0.5) is 0 Å². The highest BCUT2D eigenvalue weighted by atomic mass is 16.5. The van der Waals surface area contributed by atoms with Crippen LogP contribution in [0.1, 0.15) is 33.6 Å². The molecule has 0 unspecified atom stereocenters. The van der Waals surface area contributed by atoms with Crippen molar-refractivity contribution in [2.45, 2.75) is 18.9 Å². The molecule has 2 aromatic rings. The number of hydrogen-bond acceptors (Lipinski definition) is 5. The molecule has 0 bridgehead atoms. The largest absolute Gasteiger partial charge is 0.484 e. The van der Waals surface area contributed by atoms with E-state index < -0.39 is 11.8 Å². The highest BCUT2D eigenvalue weighted by Gasteiger charge is 2.37. The maximum Gasteiger partial charge on any atom is 0.262 e. The number of amides is 4. The molecular formula is C23H23N3O5. The Bertz CT molecular complexity index is 964. The number of hydrogen-bond donors (Lipinski definition) is 1. The summed E-state index contributed by atoms with van der Waals surface area (Å²) in [6, 6.07) is 15.6. The Kier molecular flexibility index (Phi) is 5.97. The Morgan fingerprint density at radius 2 is 1.48 bits per heavy atom. The number of nitrogens with zero attached hydrogens (tertiary/aromatic N) is 2. The second kappa shape index (κ2) is 8.99. The number of likely N-dealkylation sites (tertiary alicyclic amines) is 1. The molecule has 0 aliphatic carbocycles. The van der Waals surface area contributed by atoms with E-state index in [0.29, 0.717) is 42.8 Å². The molecule has 2 aliphatic rings. The first-order valence-electron chi connectivity index (χ1n) is 10.2. The summed E-state index contributed by atoms with van der Waals surface area (Å²) in [7, 11) is 0. The fourth-order valence-corrected chi connectivity index (χ4v) is 3.83. The van der Waals surface area contributed by atoms with E-state index >= 15 is 0 Å². The van der Waals surface area contributed by atoms with Crippen LogP contribution in [0.25, 0.3) is 0 Å². The van der Waals surface area contributed by atoms with Gasteiger partial charge in [-0.15, -0.1) is 0 Å². The summed E-state index contributed by atoms with van der Waals surface area (Å²) in [5, 5.41) is 2.93. The lowest BCUT2D eigenvalue weighted by Crippen LogP contribution is -2.50. The zero-order valence-electron chi connectivity index (χ0n) is 17.0. The van der Waals surface area contributed by atoms with Crippen molar-refractivity contribution in [1.29, 1.82) is 0 Å². The van der Waals surface area contributed by atoms with Gasteiger partial charge >= 0.3 is 0 Å². The molecule has 160 valence electrons. The summed E-state index contributed by atoms with van der Waals surface area (Å²) in [6.45, 7) is 0.566. The maximum absolute atomic E-state index is 12.7. The second-order valence-corrected chi connectivity index (χ2v) is 7.57. The molecule has 1 fully saturated rings. The van der Waals surface area contributed by atoms with E-state index in [1.54, 1.807) is 41.3 Å². The van der Waals surface area contributed by atoms with Crippen molar-refractivity contribution in [2.24, 2.45) is 0 Å². The second-order valence-electron chi connectivity index (χ2n) is 7.57. The number of fused-ring (bicyclic) bond motifs is 1. The van der Waals surface area contributed by atoms with Crippen LogP contribution in [0.3, 0.4) is 0 Å². The Labute approximate surface area is 179 Å². The third-order valence-electron chi connectivity index (χ3n) is 5.50. The highest BCUT2D eigenvalue weighted by molar-refractivity contribution is 6.22. The monoisotopic (exact) mass is 421 g/mol. The van der Waals surface area contributed by atoms with Crippen LogP contribution in [0.15, 0.2) is 54.6 Å². The molecular weight excluding hydrogens is 398 g/mol. The van der Waals surface area contributed by atoms with Crippen LogP contribution in [0, 0.1) is 0 Å². The molecule has 0 spiro atoms. The number of rotatable bonds is 6. The average molecular weight is 421 g/mol. The molecule has 4 amide bonds. The highest BCUT2D eigenvalue weighted by Crippen LogP contribution is 2.22. The fraction of sp³-hybridized carbons (Fsp3) is 0.304. The number of para-hydroxylation sites is 1. The zero-order valence-corrected chi connectivity index (χ0v) is 17.0. The first kappa shape index (κ1) is 20.6. The third kappa shape index (κ3) is 4.58. The van der Waals surface area contributed by atoms with Gasteiger partial charge in [-0.1, -0.05) is 30.3 Å². The minimum absolute atomic E-state index is 0.0461. The average Bonchev–Trinajstić information content (AvgIpc) is 3.04. The van der Waals surface area contributed by atoms with Gasteiger partial charge in [-0.05, 0) is 37.1 Å². The van der Waals surface area contributed by atoms with Gasteiger partial charge in [0.1, 0.15) is 12.3 Å². The Hall–Kier alpha value is -3.68. The van der Waals surface area contributed by atoms with E-state index in [1.807, 2.05) is 18.2 Å². The molecule has 8 heteroatoms. The third-order valence-corrected chi connectivity index (χ3v) is 5.50. The van der Waals surface area contributed by atoms with Crippen LogP contribution in [-0.4, -0.2) is 65.7 Å². The molecule has 0 atom stereocenters. The van der Waals surface area contributed by atoms with E-state index in [9.17, 15) is 19.2 Å². The van der Waals surface area contributed by atoms with Crippen molar-refractivity contribution >= 4 is 23.6 Å². The van der Waals surface area contributed by atoms with Gasteiger partial charge in [0, 0.05) is 19.1 Å². The molecule has 2 heterocycles. The van der Waals surface area contributed by atoms with Gasteiger partial charge in [-0.25, -0.2) is 0 Å². The quantitative estimate of drug-likeness (QED) is 0.713. The molecule has 2 aromatic carbocycles. The zero-order chi connectivity index (χ0) is 21.8. The summed E-state index contributed by atoms with van der Waals surface area (Å²) in [5.74, 6) is -0.721.